The lowest BCUT2D eigenvalue weighted by Crippen LogP contribution is -2.50. The topological polar surface area (TPSA) is 62.7 Å². The summed E-state index contributed by atoms with van der Waals surface area (Å²) in [6, 6.07) is 7.89. The van der Waals surface area contributed by atoms with Crippen molar-refractivity contribution in [3.05, 3.63) is 35.4 Å². The maximum Gasteiger partial charge on any atom is 0.259 e. The van der Waals surface area contributed by atoms with E-state index < -0.39 is 5.54 Å². The summed E-state index contributed by atoms with van der Waals surface area (Å²) in [4.78, 5) is 16.8. The standard InChI is InChI=1S/C15H19N3O2/c1-10(2)7-16-14-17-13(19)15(18-14)9-20-8-11-5-3-4-6-12(11)15/h3-6,10H,7-9H2,1-2H3,(H2,16,17,18,19). The minimum Gasteiger partial charge on any atom is -0.373 e. The number of hydrogen-bond donors (Lipinski definition) is 2. The first kappa shape index (κ1) is 13.1. The van der Waals surface area contributed by atoms with Gasteiger partial charge in [-0.2, -0.15) is 0 Å². The summed E-state index contributed by atoms with van der Waals surface area (Å²) in [5, 5.41) is 6.06. The number of hydrogen-bond acceptors (Lipinski definition) is 3. The molecular formula is C15H19N3O2. The predicted octanol–water partition coefficient (Wildman–Crippen LogP) is 1.14. The number of carbonyl (C=O) groups excluding carboxylic acids is 1. The molecular weight excluding hydrogens is 254 g/mol. The van der Waals surface area contributed by atoms with Crippen LogP contribution in [0.5, 0.6) is 0 Å². The zero-order chi connectivity index (χ0) is 14.2. The summed E-state index contributed by atoms with van der Waals surface area (Å²) in [7, 11) is 0. The van der Waals surface area contributed by atoms with Crippen molar-refractivity contribution in [3.63, 3.8) is 0 Å². The van der Waals surface area contributed by atoms with Gasteiger partial charge >= 0.3 is 0 Å². The molecule has 1 unspecified atom stereocenters. The molecule has 1 fully saturated rings. The van der Waals surface area contributed by atoms with E-state index in [1.54, 1.807) is 0 Å². The van der Waals surface area contributed by atoms with Crippen molar-refractivity contribution in [2.45, 2.75) is 26.0 Å². The Morgan fingerprint density at radius 3 is 3.00 bits per heavy atom. The first-order valence-electron chi connectivity index (χ1n) is 6.92. The fourth-order valence-electron chi connectivity index (χ4n) is 2.60. The third-order valence-electron chi connectivity index (χ3n) is 3.62. The third-order valence-corrected chi connectivity index (χ3v) is 3.62. The molecule has 0 aliphatic carbocycles. The number of benzene rings is 1. The van der Waals surface area contributed by atoms with Crippen LogP contribution in [0, 0.1) is 5.92 Å². The number of nitrogens with one attached hydrogen (secondary N) is 2. The van der Waals surface area contributed by atoms with Crippen LogP contribution in [0.15, 0.2) is 29.3 Å². The molecule has 1 atom stereocenters. The lowest BCUT2D eigenvalue weighted by Gasteiger charge is -2.32. The SMILES string of the molecule is CC(C)CN=C1NC(=O)C2(COCc3ccccc32)N1. The Kier molecular flexibility index (Phi) is 3.22. The Labute approximate surface area is 118 Å². The van der Waals surface area contributed by atoms with E-state index in [9.17, 15) is 4.79 Å². The molecule has 1 amide bonds. The Hall–Kier alpha value is -1.88. The second-order valence-corrected chi connectivity index (χ2v) is 5.72. The molecule has 5 nitrogen and oxygen atoms in total. The smallest absolute Gasteiger partial charge is 0.259 e. The molecule has 2 heterocycles. The minimum atomic E-state index is -0.829. The number of fused-ring (bicyclic) bond motifs is 2. The first-order valence-corrected chi connectivity index (χ1v) is 6.92. The number of rotatable bonds is 2. The Balaban J connectivity index is 1.94. The van der Waals surface area contributed by atoms with Gasteiger partial charge in [0, 0.05) is 6.54 Å². The van der Waals surface area contributed by atoms with Crippen LogP contribution in [0.25, 0.3) is 0 Å². The van der Waals surface area contributed by atoms with Crippen molar-refractivity contribution in [1.82, 2.24) is 10.6 Å². The van der Waals surface area contributed by atoms with Gasteiger partial charge in [0.15, 0.2) is 11.5 Å². The van der Waals surface area contributed by atoms with Crippen LogP contribution in [0.1, 0.15) is 25.0 Å². The van der Waals surface area contributed by atoms with E-state index >= 15 is 0 Å². The van der Waals surface area contributed by atoms with Gasteiger partial charge in [-0.15, -0.1) is 0 Å². The van der Waals surface area contributed by atoms with E-state index in [1.165, 1.54) is 0 Å². The summed E-state index contributed by atoms with van der Waals surface area (Å²) < 4.78 is 5.60. The highest BCUT2D eigenvalue weighted by molar-refractivity contribution is 6.09. The molecule has 1 saturated heterocycles. The summed E-state index contributed by atoms with van der Waals surface area (Å²) in [6.45, 7) is 5.74. The zero-order valence-corrected chi connectivity index (χ0v) is 11.8. The predicted molar refractivity (Wildman–Crippen MR) is 76.2 cm³/mol. The van der Waals surface area contributed by atoms with E-state index in [2.05, 4.69) is 29.5 Å². The van der Waals surface area contributed by atoms with Gasteiger partial charge in [-0.3, -0.25) is 15.1 Å². The molecule has 0 radical (unpaired) electrons. The fourth-order valence-corrected chi connectivity index (χ4v) is 2.60. The van der Waals surface area contributed by atoms with Crippen LogP contribution in [-0.4, -0.2) is 25.0 Å². The quantitative estimate of drug-likeness (QED) is 0.849. The van der Waals surface area contributed by atoms with Gasteiger partial charge in [0.25, 0.3) is 5.91 Å². The maximum atomic E-state index is 12.4. The first-order chi connectivity index (χ1) is 9.62. The summed E-state index contributed by atoms with van der Waals surface area (Å²) in [5.74, 6) is 0.906. The summed E-state index contributed by atoms with van der Waals surface area (Å²) in [5.41, 5.74) is 1.20. The van der Waals surface area contributed by atoms with Crippen molar-refractivity contribution in [2.75, 3.05) is 13.2 Å². The Morgan fingerprint density at radius 1 is 1.40 bits per heavy atom. The molecule has 1 spiro atoms. The van der Waals surface area contributed by atoms with Gasteiger partial charge in [-0.05, 0) is 17.0 Å². The van der Waals surface area contributed by atoms with E-state index in [-0.39, 0.29) is 5.91 Å². The lowest BCUT2D eigenvalue weighted by atomic mass is 9.85. The van der Waals surface area contributed by atoms with Gasteiger partial charge in [0.05, 0.1) is 13.2 Å². The highest BCUT2D eigenvalue weighted by Crippen LogP contribution is 2.32. The van der Waals surface area contributed by atoms with Crippen molar-refractivity contribution < 1.29 is 9.53 Å². The molecule has 2 aliphatic heterocycles. The molecule has 0 saturated carbocycles. The van der Waals surface area contributed by atoms with Crippen molar-refractivity contribution in [1.29, 1.82) is 0 Å². The zero-order valence-electron chi connectivity index (χ0n) is 11.8. The lowest BCUT2D eigenvalue weighted by molar-refractivity contribution is -0.127. The van der Waals surface area contributed by atoms with Crippen molar-refractivity contribution >= 4 is 11.9 Å². The number of ether oxygens (including phenoxy) is 1. The number of carbonyl (C=O) groups is 1. The van der Waals surface area contributed by atoms with E-state index in [0.29, 0.717) is 31.6 Å². The molecule has 0 aromatic heterocycles. The molecule has 1 aromatic carbocycles. The third kappa shape index (κ3) is 2.08. The largest absolute Gasteiger partial charge is 0.373 e. The average molecular weight is 273 g/mol. The van der Waals surface area contributed by atoms with Gasteiger partial charge in [-0.1, -0.05) is 38.1 Å². The van der Waals surface area contributed by atoms with Crippen LogP contribution in [0.3, 0.4) is 0 Å². The molecule has 20 heavy (non-hydrogen) atoms. The summed E-state index contributed by atoms with van der Waals surface area (Å²) >= 11 is 0. The molecule has 1 aromatic rings. The molecule has 2 N–H and O–H groups in total. The van der Waals surface area contributed by atoms with Crippen molar-refractivity contribution in [2.24, 2.45) is 10.9 Å². The highest BCUT2D eigenvalue weighted by atomic mass is 16.5. The monoisotopic (exact) mass is 273 g/mol. The molecule has 0 bridgehead atoms. The number of nitrogens with zero attached hydrogens (tertiary/aromatic N) is 1. The fraction of sp³-hybridized carbons (Fsp3) is 0.467. The second kappa shape index (κ2) is 4.90. The van der Waals surface area contributed by atoms with E-state index in [1.807, 2.05) is 24.3 Å². The summed E-state index contributed by atoms with van der Waals surface area (Å²) in [6.07, 6.45) is 0. The van der Waals surface area contributed by atoms with Crippen LogP contribution in [-0.2, 0) is 21.7 Å². The van der Waals surface area contributed by atoms with Gasteiger partial charge in [0.2, 0.25) is 0 Å². The normalized spacial score (nSPS) is 26.8. The molecule has 2 aliphatic rings. The Morgan fingerprint density at radius 2 is 2.20 bits per heavy atom. The minimum absolute atomic E-state index is 0.0906. The van der Waals surface area contributed by atoms with Gasteiger partial charge in [-0.25, -0.2) is 0 Å². The maximum absolute atomic E-state index is 12.4. The number of amides is 1. The number of guanidine groups is 1. The van der Waals surface area contributed by atoms with E-state index in [0.717, 1.165) is 11.1 Å². The molecule has 5 heteroatoms. The molecule has 3 rings (SSSR count). The van der Waals surface area contributed by atoms with Crippen LogP contribution < -0.4 is 10.6 Å². The molecule has 106 valence electrons. The Bertz CT molecular complexity index is 568. The van der Waals surface area contributed by atoms with E-state index in [4.69, 9.17) is 4.74 Å². The van der Waals surface area contributed by atoms with Gasteiger partial charge in [0.1, 0.15) is 0 Å². The van der Waals surface area contributed by atoms with Gasteiger partial charge < -0.3 is 10.1 Å². The van der Waals surface area contributed by atoms with Crippen LogP contribution in [0.4, 0.5) is 0 Å². The average Bonchev–Trinajstić information content (AvgIpc) is 2.75. The number of aliphatic imine (C=N–C) groups is 1. The highest BCUT2D eigenvalue weighted by Gasteiger charge is 2.49. The van der Waals surface area contributed by atoms with Crippen LogP contribution in [0.2, 0.25) is 0 Å². The second-order valence-electron chi connectivity index (χ2n) is 5.72. The van der Waals surface area contributed by atoms with Crippen LogP contribution >= 0.6 is 0 Å². The van der Waals surface area contributed by atoms with Crippen molar-refractivity contribution in [3.8, 4) is 0 Å².